The van der Waals surface area contributed by atoms with Crippen LogP contribution in [0.4, 0.5) is 11.4 Å². The van der Waals surface area contributed by atoms with Crippen LogP contribution < -0.4 is 10.6 Å². The van der Waals surface area contributed by atoms with Crippen LogP contribution in [0.5, 0.6) is 0 Å². The number of benzene rings is 1. The lowest BCUT2D eigenvalue weighted by Crippen LogP contribution is -2.36. The van der Waals surface area contributed by atoms with Gasteiger partial charge in [0, 0.05) is 30.5 Å². The third-order valence-corrected chi connectivity index (χ3v) is 3.66. The van der Waals surface area contributed by atoms with E-state index < -0.39 is 4.92 Å². The molecule has 0 bridgehead atoms. The molecule has 1 amide bonds. The van der Waals surface area contributed by atoms with E-state index in [9.17, 15) is 14.9 Å². The topological polar surface area (TPSA) is 84.3 Å². The average Bonchev–Trinajstić information content (AvgIpc) is 2.45. The summed E-state index contributed by atoms with van der Waals surface area (Å²) in [6, 6.07) is 4.50. The van der Waals surface area contributed by atoms with E-state index in [1.807, 2.05) is 13.2 Å². The van der Waals surface area contributed by atoms with Crippen LogP contribution >= 0.6 is 11.8 Å². The van der Waals surface area contributed by atoms with Crippen molar-refractivity contribution in [1.29, 1.82) is 0 Å². The van der Waals surface area contributed by atoms with E-state index in [-0.39, 0.29) is 17.6 Å². The molecule has 0 saturated carbocycles. The maximum atomic E-state index is 12.1. The summed E-state index contributed by atoms with van der Waals surface area (Å²) in [6.45, 7) is 1.99. The van der Waals surface area contributed by atoms with E-state index in [4.69, 9.17) is 0 Å². The Morgan fingerprint density at radius 3 is 2.70 bits per heavy atom. The third-order valence-electron chi connectivity index (χ3n) is 2.92. The molecular formula is C13H19N3O3S. The maximum absolute atomic E-state index is 12.1. The van der Waals surface area contributed by atoms with Crippen molar-refractivity contribution in [3.63, 3.8) is 0 Å². The van der Waals surface area contributed by atoms with E-state index in [1.165, 1.54) is 6.07 Å². The molecule has 0 aliphatic rings. The van der Waals surface area contributed by atoms with E-state index >= 15 is 0 Å². The molecule has 1 rings (SSSR count). The fourth-order valence-corrected chi connectivity index (χ4v) is 2.49. The second-order valence-corrected chi connectivity index (χ2v) is 5.18. The summed E-state index contributed by atoms with van der Waals surface area (Å²) in [6.07, 6.45) is 2.80. The van der Waals surface area contributed by atoms with Crippen molar-refractivity contribution in [3.05, 3.63) is 33.9 Å². The molecule has 1 aromatic rings. The summed E-state index contributed by atoms with van der Waals surface area (Å²) in [4.78, 5) is 22.6. The monoisotopic (exact) mass is 297 g/mol. The number of nitro benzene ring substituents is 1. The molecule has 6 nitrogen and oxygen atoms in total. The Bertz CT molecular complexity index is 494. The lowest BCUT2D eigenvalue weighted by molar-refractivity contribution is -0.384. The Kier molecular flexibility index (Phi) is 6.30. The van der Waals surface area contributed by atoms with Crippen molar-refractivity contribution >= 4 is 29.0 Å². The van der Waals surface area contributed by atoms with Gasteiger partial charge in [0.15, 0.2) is 0 Å². The number of nitrogens with zero attached hydrogens (tertiary/aromatic N) is 1. The highest BCUT2D eigenvalue weighted by atomic mass is 32.2. The summed E-state index contributed by atoms with van der Waals surface area (Å²) >= 11 is 1.65. The molecule has 0 aliphatic carbocycles. The van der Waals surface area contributed by atoms with Crippen molar-refractivity contribution in [2.45, 2.75) is 19.4 Å². The van der Waals surface area contributed by atoms with Crippen LogP contribution in [0.1, 0.15) is 23.7 Å². The Morgan fingerprint density at radius 2 is 2.20 bits per heavy atom. The van der Waals surface area contributed by atoms with Crippen molar-refractivity contribution in [1.82, 2.24) is 5.32 Å². The standard InChI is InChI=1S/C13H19N3O3S/c1-4-10(8-20-3)15-13(17)9-5-6-11(14-2)12(7-9)16(18)19/h5-7,10,14H,4,8H2,1-3H3,(H,15,17). The minimum atomic E-state index is -0.498. The van der Waals surface area contributed by atoms with Crippen LogP contribution in [-0.4, -0.2) is 35.9 Å². The largest absolute Gasteiger partial charge is 0.383 e. The number of anilines is 1. The minimum absolute atomic E-state index is 0.0699. The Morgan fingerprint density at radius 1 is 1.50 bits per heavy atom. The first-order valence-electron chi connectivity index (χ1n) is 6.29. The lowest BCUT2D eigenvalue weighted by Gasteiger charge is -2.15. The van der Waals surface area contributed by atoms with E-state index in [0.717, 1.165) is 12.2 Å². The van der Waals surface area contributed by atoms with E-state index in [1.54, 1.807) is 30.9 Å². The van der Waals surface area contributed by atoms with Gasteiger partial charge < -0.3 is 10.6 Å². The molecular weight excluding hydrogens is 278 g/mol. The first-order chi connectivity index (χ1) is 9.53. The van der Waals surface area contributed by atoms with E-state index in [2.05, 4.69) is 10.6 Å². The van der Waals surface area contributed by atoms with E-state index in [0.29, 0.717) is 11.3 Å². The van der Waals surface area contributed by atoms with Gasteiger partial charge in [0.1, 0.15) is 5.69 Å². The number of thioether (sulfide) groups is 1. The molecule has 1 atom stereocenters. The Hall–Kier alpha value is -1.76. The SMILES string of the molecule is CCC(CSC)NC(=O)c1ccc(NC)c([N+](=O)[O-])c1. The predicted molar refractivity (Wildman–Crippen MR) is 82.6 cm³/mol. The zero-order valence-electron chi connectivity index (χ0n) is 11.8. The Labute approximate surface area is 122 Å². The highest BCUT2D eigenvalue weighted by molar-refractivity contribution is 7.98. The van der Waals surface area contributed by atoms with Gasteiger partial charge in [0.25, 0.3) is 11.6 Å². The number of nitro groups is 1. The van der Waals surface area contributed by atoms with Crippen LogP contribution in [0.25, 0.3) is 0 Å². The second kappa shape index (κ2) is 7.74. The normalized spacial score (nSPS) is 11.8. The molecule has 20 heavy (non-hydrogen) atoms. The van der Waals surface area contributed by atoms with Gasteiger partial charge in [-0.25, -0.2) is 0 Å². The van der Waals surface area contributed by atoms with Crippen LogP contribution in [0, 0.1) is 10.1 Å². The number of carbonyl (C=O) groups excluding carboxylic acids is 1. The summed E-state index contributed by atoms with van der Waals surface area (Å²) in [5.74, 6) is 0.538. The van der Waals surface area contributed by atoms with Gasteiger partial charge in [0.05, 0.1) is 4.92 Å². The molecule has 0 fully saturated rings. The molecule has 0 radical (unpaired) electrons. The summed E-state index contributed by atoms with van der Waals surface area (Å²) in [5.41, 5.74) is 0.594. The lowest BCUT2D eigenvalue weighted by atomic mass is 10.1. The van der Waals surface area contributed by atoms with Crippen molar-refractivity contribution < 1.29 is 9.72 Å². The van der Waals surface area contributed by atoms with Crippen LogP contribution in [0.15, 0.2) is 18.2 Å². The number of nitrogens with one attached hydrogen (secondary N) is 2. The molecule has 0 saturated heterocycles. The number of amides is 1. The van der Waals surface area contributed by atoms with Crippen molar-refractivity contribution in [3.8, 4) is 0 Å². The summed E-state index contributed by atoms with van der Waals surface area (Å²) in [5, 5.41) is 16.6. The molecule has 0 heterocycles. The first-order valence-corrected chi connectivity index (χ1v) is 7.68. The van der Waals surface area contributed by atoms with Gasteiger partial charge in [-0.05, 0) is 24.8 Å². The quantitative estimate of drug-likeness (QED) is 0.596. The molecule has 1 aromatic carbocycles. The highest BCUT2D eigenvalue weighted by Gasteiger charge is 2.18. The minimum Gasteiger partial charge on any atom is -0.383 e. The average molecular weight is 297 g/mol. The van der Waals surface area contributed by atoms with Crippen LogP contribution in [0.3, 0.4) is 0 Å². The molecule has 0 spiro atoms. The van der Waals surface area contributed by atoms with Gasteiger partial charge in [-0.3, -0.25) is 14.9 Å². The molecule has 7 heteroatoms. The second-order valence-electron chi connectivity index (χ2n) is 4.27. The zero-order valence-corrected chi connectivity index (χ0v) is 12.6. The third kappa shape index (κ3) is 4.12. The molecule has 1 unspecified atom stereocenters. The fourth-order valence-electron chi connectivity index (χ4n) is 1.77. The molecule has 0 aliphatic heterocycles. The first kappa shape index (κ1) is 16.3. The van der Waals surface area contributed by atoms with Crippen molar-refractivity contribution in [2.75, 3.05) is 24.4 Å². The van der Waals surface area contributed by atoms with Crippen LogP contribution in [0.2, 0.25) is 0 Å². The Balaban J connectivity index is 2.93. The van der Waals surface area contributed by atoms with Gasteiger partial charge in [-0.1, -0.05) is 6.92 Å². The van der Waals surface area contributed by atoms with Crippen LogP contribution in [-0.2, 0) is 0 Å². The van der Waals surface area contributed by atoms with Gasteiger partial charge in [0.2, 0.25) is 0 Å². The molecule has 2 N–H and O–H groups in total. The number of rotatable bonds is 7. The number of hydrogen-bond acceptors (Lipinski definition) is 5. The van der Waals surface area contributed by atoms with Crippen molar-refractivity contribution in [2.24, 2.45) is 0 Å². The summed E-state index contributed by atoms with van der Waals surface area (Å²) in [7, 11) is 1.60. The number of hydrogen-bond donors (Lipinski definition) is 2. The van der Waals surface area contributed by atoms with Gasteiger partial charge >= 0.3 is 0 Å². The fraction of sp³-hybridized carbons (Fsp3) is 0.462. The zero-order chi connectivity index (χ0) is 15.1. The number of carbonyl (C=O) groups is 1. The molecule has 110 valence electrons. The predicted octanol–water partition coefficient (Wildman–Crippen LogP) is 2.51. The maximum Gasteiger partial charge on any atom is 0.293 e. The van der Waals surface area contributed by atoms with Gasteiger partial charge in [-0.15, -0.1) is 0 Å². The van der Waals surface area contributed by atoms with Gasteiger partial charge in [-0.2, -0.15) is 11.8 Å². The smallest absolute Gasteiger partial charge is 0.293 e. The summed E-state index contributed by atoms with van der Waals surface area (Å²) < 4.78 is 0. The highest BCUT2D eigenvalue weighted by Crippen LogP contribution is 2.25. The molecule has 0 aromatic heterocycles.